The third-order valence-electron chi connectivity index (χ3n) is 2.56. The van der Waals surface area contributed by atoms with Gasteiger partial charge in [-0.05, 0) is 12.1 Å². The number of carbonyl (C=O) groups is 1. The zero-order valence-corrected chi connectivity index (χ0v) is 9.63. The summed E-state index contributed by atoms with van der Waals surface area (Å²) in [5.74, 6) is 0.296. The molecule has 0 aliphatic heterocycles. The van der Waals surface area contributed by atoms with Crippen LogP contribution in [-0.2, 0) is 11.3 Å². The zero-order chi connectivity index (χ0) is 12.4. The van der Waals surface area contributed by atoms with Crippen LogP contribution in [0.5, 0.6) is 0 Å². The Morgan fingerprint density at radius 3 is 2.94 bits per heavy atom. The van der Waals surface area contributed by atoms with Crippen molar-refractivity contribution in [2.24, 2.45) is 11.5 Å². The van der Waals surface area contributed by atoms with Crippen molar-refractivity contribution in [1.82, 2.24) is 9.38 Å². The summed E-state index contributed by atoms with van der Waals surface area (Å²) >= 11 is 0. The summed E-state index contributed by atoms with van der Waals surface area (Å²) in [6, 6.07) is 5.70. The smallest absolute Gasteiger partial charge is 0.236 e. The highest BCUT2D eigenvalue weighted by atomic mass is 16.1. The van der Waals surface area contributed by atoms with Crippen molar-refractivity contribution in [1.29, 1.82) is 0 Å². The molecule has 4 N–H and O–H groups in total. The van der Waals surface area contributed by atoms with E-state index in [-0.39, 0.29) is 6.54 Å². The Morgan fingerprint density at radius 2 is 2.29 bits per heavy atom. The average Bonchev–Trinajstić information content (AvgIpc) is 2.66. The first kappa shape index (κ1) is 11.4. The van der Waals surface area contributed by atoms with Crippen LogP contribution >= 0.6 is 0 Å². The fraction of sp³-hybridized carbons (Fsp3) is 0.273. The number of pyridine rings is 1. The highest BCUT2D eigenvalue weighted by Crippen LogP contribution is 2.19. The van der Waals surface area contributed by atoms with Crippen molar-refractivity contribution in [2.45, 2.75) is 6.54 Å². The first-order chi connectivity index (χ1) is 8.13. The van der Waals surface area contributed by atoms with E-state index in [0.29, 0.717) is 12.4 Å². The van der Waals surface area contributed by atoms with Gasteiger partial charge in [-0.25, -0.2) is 4.98 Å². The van der Waals surface area contributed by atoms with Crippen molar-refractivity contribution >= 4 is 17.4 Å². The molecule has 0 aliphatic carbocycles. The minimum Gasteiger partial charge on any atom is -0.368 e. The fourth-order valence-electron chi connectivity index (χ4n) is 1.84. The lowest BCUT2D eigenvalue weighted by Gasteiger charge is -2.15. The number of hydrogen-bond donors (Lipinski definition) is 2. The van der Waals surface area contributed by atoms with Gasteiger partial charge in [-0.2, -0.15) is 0 Å². The minimum absolute atomic E-state index is 0.122. The number of imidazole rings is 1. The molecule has 0 saturated carbocycles. The monoisotopic (exact) mass is 233 g/mol. The molecule has 2 aromatic heterocycles. The number of hydrogen-bond acceptors (Lipinski definition) is 4. The molecule has 6 nitrogen and oxygen atoms in total. The van der Waals surface area contributed by atoms with E-state index < -0.39 is 5.91 Å². The topological polar surface area (TPSA) is 89.6 Å². The number of nitrogens with two attached hydrogens (primary N) is 2. The second-order valence-electron chi connectivity index (χ2n) is 3.84. The van der Waals surface area contributed by atoms with Gasteiger partial charge in [-0.3, -0.25) is 4.79 Å². The van der Waals surface area contributed by atoms with Crippen LogP contribution in [0.15, 0.2) is 24.4 Å². The number of rotatable bonds is 4. The molecule has 0 bridgehead atoms. The predicted molar refractivity (Wildman–Crippen MR) is 65.5 cm³/mol. The maximum atomic E-state index is 10.9. The number of primary amides is 1. The molecular formula is C11H15N5O. The van der Waals surface area contributed by atoms with Gasteiger partial charge in [0.05, 0.1) is 12.2 Å². The van der Waals surface area contributed by atoms with Crippen LogP contribution in [0.3, 0.4) is 0 Å². The van der Waals surface area contributed by atoms with Crippen molar-refractivity contribution in [3.05, 3.63) is 30.1 Å². The Balaban J connectivity index is 2.49. The lowest BCUT2D eigenvalue weighted by molar-refractivity contribution is -0.116. The number of amides is 1. The van der Waals surface area contributed by atoms with Crippen LogP contribution in [0.2, 0.25) is 0 Å². The van der Waals surface area contributed by atoms with Gasteiger partial charge in [0.25, 0.3) is 0 Å². The molecule has 2 rings (SSSR count). The number of likely N-dealkylation sites (N-methyl/N-ethyl adjacent to an activating group) is 1. The SMILES string of the molecule is CN(CC(N)=O)c1nc2ccccn2c1CN. The summed E-state index contributed by atoms with van der Waals surface area (Å²) in [5.41, 5.74) is 12.6. The Morgan fingerprint density at radius 1 is 1.53 bits per heavy atom. The third-order valence-corrected chi connectivity index (χ3v) is 2.56. The van der Waals surface area contributed by atoms with E-state index in [0.717, 1.165) is 11.3 Å². The number of aromatic nitrogens is 2. The Labute approximate surface area is 98.8 Å². The van der Waals surface area contributed by atoms with E-state index >= 15 is 0 Å². The van der Waals surface area contributed by atoms with Crippen LogP contribution < -0.4 is 16.4 Å². The summed E-state index contributed by atoms with van der Waals surface area (Å²) in [7, 11) is 1.77. The number of anilines is 1. The normalized spacial score (nSPS) is 10.7. The lowest BCUT2D eigenvalue weighted by atomic mass is 10.4. The molecule has 2 aromatic rings. The van der Waals surface area contributed by atoms with E-state index in [1.165, 1.54) is 0 Å². The van der Waals surface area contributed by atoms with Crippen LogP contribution in [-0.4, -0.2) is 28.9 Å². The molecule has 1 amide bonds. The second-order valence-corrected chi connectivity index (χ2v) is 3.84. The first-order valence-corrected chi connectivity index (χ1v) is 5.29. The Kier molecular flexibility index (Phi) is 2.97. The molecule has 90 valence electrons. The highest BCUT2D eigenvalue weighted by Gasteiger charge is 2.15. The van der Waals surface area contributed by atoms with Crippen LogP contribution in [0.4, 0.5) is 5.82 Å². The molecule has 0 aromatic carbocycles. The van der Waals surface area contributed by atoms with Gasteiger partial charge in [0.15, 0.2) is 5.82 Å². The van der Waals surface area contributed by atoms with Crippen LogP contribution in [0.1, 0.15) is 5.69 Å². The average molecular weight is 233 g/mol. The molecule has 0 unspecified atom stereocenters. The first-order valence-electron chi connectivity index (χ1n) is 5.29. The highest BCUT2D eigenvalue weighted by molar-refractivity contribution is 5.79. The molecule has 2 heterocycles. The fourth-order valence-corrected chi connectivity index (χ4v) is 1.84. The molecule has 0 atom stereocenters. The van der Waals surface area contributed by atoms with E-state index in [9.17, 15) is 4.79 Å². The van der Waals surface area contributed by atoms with E-state index in [2.05, 4.69) is 4.98 Å². The zero-order valence-electron chi connectivity index (χ0n) is 9.63. The predicted octanol–water partition coefficient (Wildman–Crippen LogP) is -0.285. The maximum Gasteiger partial charge on any atom is 0.236 e. The van der Waals surface area contributed by atoms with Gasteiger partial charge >= 0.3 is 0 Å². The van der Waals surface area contributed by atoms with Crippen LogP contribution in [0.25, 0.3) is 5.65 Å². The van der Waals surface area contributed by atoms with Gasteiger partial charge in [-0.1, -0.05) is 6.07 Å². The van der Waals surface area contributed by atoms with Gasteiger partial charge in [0.2, 0.25) is 5.91 Å². The third kappa shape index (κ3) is 2.07. The van der Waals surface area contributed by atoms with Gasteiger partial charge in [-0.15, -0.1) is 0 Å². The van der Waals surface area contributed by atoms with Gasteiger partial charge in [0.1, 0.15) is 5.65 Å². The summed E-state index contributed by atoms with van der Waals surface area (Å²) in [4.78, 5) is 17.1. The lowest BCUT2D eigenvalue weighted by Crippen LogP contribution is -2.31. The largest absolute Gasteiger partial charge is 0.368 e. The summed E-state index contributed by atoms with van der Waals surface area (Å²) in [6.07, 6.45) is 1.89. The molecule has 0 fully saturated rings. The second kappa shape index (κ2) is 4.42. The minimum atomic E-state index is -0.396. The molecular weight excluding hydrogens is 218 g/mol. The Bertz CT molecular complexity index is 548. The van der Waals surface area contributed by atoms with Crippen molar-refractivity contribution in [3.63, 3.8) is 0 Å². The van der Waals surface area contributed by atoms with Crippen molar-refractivity contribution in [3.8, 4) is 0 Å². The molecule has 0 radical (unpaired) electrons. The summed E-state index contributed by atoms with van der Waals surface area (Å²) < 4.78 is 1.91. The molecule has 0 saturated heterocycles. The maximum absolute atomic E-state index is 10.9. The molecule has 0 spiro atoms. The quantitative estimate of drug-likeness (QED) is 0.759. The standard InChI is InChI=1S/C11H15N5O/c1-15(7-9(13)17)11-8(6-12)16-5-3-2-4-10(16)14-11/h2-5H,6-7,12H2,1H3,(H2,13,17). The number of nitrogens with zero attached hydrogens (tertiary/aromatic N) is 3. The van der Waals surface area contributed by atoms with Gasteiger partial charge in [0, 0.05) is 19.8 Å². The number of fused-ring (bicyclic) bond motifs is 1. The summed E-state index contributed by atoms with van der Waals surface area (Å²) in [6.45, 7) is 0.473. The summed E-state index contributed by atoms with van der Waals surface area (Å²) in [5, 5.41) is 0. The van der Waals surface area contributed by atoms with E-state index in [1.807, 2.05) is 28.8 Å². The molecule has 6 heteroatoms. The van der Waals surface area contributed by atoms with E-state index in [1.54, 1.807) is 11.9 Å². The Hall–Kier alpha value is -2.08. The van der Waals surface area contributed by atoms with Crippen molar-refractivity contribution < 1.29 is 4.79 Å². The van der Waals surface area contributed by atoms with E-state index in [4.69, 9.17) is 11.5 Å². The molecule has 0 aliphatic rings. The van der Waals surface area contributed by atoms with Crippen molar-refractivity contribution in [2.75, 3.05) is 18.5 Å². The van der Waals surface area contributed by atoms with Crippen LogP contribution in [0, 0.1) is 0 Å². The number of carbonyl (C=O) groups excluding carboxylic acids is 1. The molecule has 17 heavy (non-hydrogen) atoms. The van der Waals surface area contributed by atoms with Gasteiger partial charge < -0.3 is 20.8 Å².